The Balaban J connectivity index is 1.26. The van der Waals surface area contributed by atoms with Crippen molar-refractivity contribution in [2.45, 2.75) is 43.3 Å². The van der Waals surface area contributed by atoms with Crippen molar-refractivity contribution >= 4 is 29.1 Å². The maximum absolute atomic E-state index is 13.4. The Kier molecular flexibility index (Phi) is 6.38. The molecule has 2 aliphatic heterocycles. The Morgan fingerprint density at radius 2 is 1.52 bits per heavy atom. The first kappa shape index (κ1) is 26.1. The van der Waals surface area contributed by atoms with Gasteiger partial charge in [-0.15, -0.1) is 0 Å². The number of Topliss-reactive ketones (excluding diaryl/α,β-unsaturated/α-hetero) is 1. The fraction of sp³-hybridized carbons (Fsp3) is 0.344. The molecule has 3 amide bonds. The molecular weight excluding hydrogens is 504 g/mol. The van der Waals surface area contributed by atoms with Gasteiger partial charge in [-0.3, -0.25) is 19.4 Å². The summed E-state index contributed by atoms with van der Waals surface area (Å²) in [6.45, 7) is 0.716. The molecule has 1 aliphatic carbocycles. The van der Waals surface area contributed by atoms with Crippen molar-refractivity contribution in [1.82, 2.24) is 10.2 Å². The topological polar surface area (TPSA) is 82.2 Å². The highest BCUT2D eigenvalue weighted by Gasteiger charge is 2.51. The van der Waals surface area contributed by atoms with Gasteiger partial charge in [-0.1, -0.05) is 48.5 Å². The van der Waals surface area contributed by atoms with Crippen molar-refractivity contribution in [3.63, 3.8) is 0 Å². The number of rotatable bonds is 6. The Bertz CT molecular complexity index is 1460. The molecule has 0 atom stereocenters. The first-order chi connectivity index (χ1) is 19.3. The Morgan fingerprint density at radius 1 is 0.850 bits per heavy atom. The van der Waals surface area contributed by atoms with E-state index in [9.17, 15) is 14.4 Å². The van der Waals surface area contributed by atoms with Gasteiger partial charge in [0.05, 0.1) is 42.7 Å². The lowest BCUT2D eigenvalue weighted by Crippen LogP contribution is -2.54. The summed E-state index contributed by atoms with van der Waals surface area (Å²) in [4.78, 5) is 45.3. The van der Waals surface area contributed by atoms with Gasteiger partial charge in [0.25, 0.3) is 11.7 Å². The molecule has 8 nitrogen and oxygen atoms in total. The quantitative estimate of drug-likeness (QED) is 0.459. The summed E-state index contributed by atoms with van der Waals surface area (Å²) in [7, 11) is 5.85. The van der Waals surface area contributed by atoms with E-state index in [1.54, 1.807) is 24.1 Å². The van der Waals surface area contributed by atoms with E-state index in [1.165, 1.54) is 10.5 Å². The summed E-state index contributed by atoms with van der Waals surface area (Å²) in [6.07, 6.45) is 3.43. The maximum Gasteiger partial charge on any atom is 0.322 e. The molecule has 6 rings (SSSR count). The highest BCUT2D eigenvalue weighted by atomic mass is 16.5. The molecule has 40 heavy (non-hydrogen) atoms. The number of fused-ring (bicyclic) bond motifs is 1. The number of anilines is 2. The van der Waals surface area contributed by atoms with Crippen molar-refractivity contribution in [2.24, 2.45) is 0 Å². The van der Waals surface area contributed by atoms with Crippen LogP contribution in [-0.2, 0) is 16.9 Å². The zero-order valence-corrected chi connectivity index (χ0v) is 23.1. The molecule has 206 valence electrons. The van der Waals surface area contributed by atoms with Crippen molar-refractivity contribution in [2.75, 3.05) is 37.5 Å². The molecule has 0 unspecified atom stereocenters. The van der Waals surface area contributed by atoms with Gasteiger partial charge >= 0.3 is 6.03 Å². The van der Waals surface area contributed by atoms with Gasteiger partial charge in [-0.2, -0.15) is 0 Å². The van der Waals surface area contributed by atoms with Crippen LogP contribution in [0.5, 0.6) is 5.75 Å². The summed E-state index contributed by atoms with van der Waals surface area (Å²) in [5, 5.41) is 3.27. The first-order valence-electron chi connectivity index (χ1n) is 13.7. The average Bonchev–Trinajstić information content (AvgIpc) is 3.42. The largest absolute Gasteiger partial charge is 0.497 e. The molecule has 3 aromatic rings. The van der Waals surface area contributed by atoms with E-state index in [0.717, 1.165) is 37.0 Å². The zero-order valence-electron chi connectivity index (χ0n) is 23.1. The molecule has 1 N–H and O–H groups in total. The van der Waals surface area contributed by atoms with E-state index in [-0.39, 0.29) is 23.7 Å². The predicted octanol–water partition coefficient (Wildman–Crippen LogP) is 4.72. The minimum atomic E-state index is -0.580. The lowest BCUT2D eigenvalue weighted by atomic mass is 9.69. The van der Waals surface area contributed by atoms with Crippen molar-refractivity contribution in [3.05, 3.63) is 89.5 Å². The normalized spacial score (nSPS) is 24.1. The SMILES string of the molecule is COc1ccc(CN2C(=O)C(=O)c3c2cccc3N2C[C@]3(CC[C@](c4ccccc4)(N(C)C)CC3)NC2=O)cc1. The smallest absolute Gasteiger partial charge is 0.322 e. The number of urea groups is 1. The van der Waals surface area contributed by atoms with Gasteiger partial charge in [-0.25, -0.2) is 4.79 Å². The summed E-state index contributed by atoms with van der Waals surface area (Å²) >= 11 is 0. The summed E-state index contributed by atoms with van der Waals surface area (Å²) in [6, 6.07) is 23.1. The van der Waals surface area contributed by atoms with Crippen LogP contribution in [0.1, 0.15) is 47.2 Å². The van der Waals surface area contributed by atoms with Crippen LogP contribution in [0.15, 0.2) is 72.8 Å². The monoisotopic (exact) mass is 538 g/mol. The molecule has 8 heteroatoms. The first-order valence-corrected chi connectivity index (χ1v) is 13.7. The van der Waals surface area contributed by atoms with Gasteiger partial charge in [-0.05, 0) is 75.2 Å². The lowest BCUT2D eigenvalue weighted by Gasteiger charge is -2.48. The Hall–Kier alpha value is -4.17. The summed E-state index contributed by atoms with van der Waals surface area (Å²) in [5.74, 6) is -0.436. The number of carbonyl (C=O) groups is 3. The Morgan fingerprint density at radius 3 is 2.17 bits per heavy atom. The molecule has 3 aromatic carbocycles. The minimum Gasteiger partial charge on any atom is -0.497 e. The van der Waals surface area contributed by atoms with Crippen LogP contribution >= 0.6 is 0 Å². The van der Waals surface area contributed by atoms with Crippen molar-refractivity contribution in [1.29, 1.82) is 0 Å². The van der Waals surface area contributed by atoms with E-state index in [1.807, 2.05) is 36.4 Å². The zero-order chi connectivity index (χ0) is 28.1. The lowest BCUT2D eigenvalue weighted by molar-refractivity contribution is -0.114. The molecule has 1 saturated heterocycles. The van der Waals surface area contributed by atoms with Crippen LogP contribution < -0.4 is 19.9 Å². The molecule has 1 saturated carbocycles. The van der Waals surface area contributed by atoms with Gasteiger partial charge in [0.2, 0.25) is 0 Å². The van der Waals surface area contributed by atoms with Crippen molar-refractivity contribution < 1.29 is 19.1 Å². The number of amides is 3. The van der Waals surface area contributed by atoms with Gasteiger partial charge in [0.15, 0.2) is 0 Å². The van der Waals surface area contributed by atoms with Crippen LogP contribution in [0.3, 0.4) is 0 Å². The van der Waals surface area contributed by atoms with Crippen LogP contribution in [-0.4, -0.2) is 55.9 Å². The predicted molar refractivity (Wildman–Crippen MR) is 154 cm³/mol. The molecule has 3 aliphatic rings. The van der Waals surface area contributed by atoms with Crippen LogP contribution in [0.2, 0.25) is 0 Å². The van der Waals surface area contributed by atoms with E-state index in [2.05, 4.69) is 48.6 Å². The number of nitrogens with zero attached hydrogens (tertiary/aromatic N) is 3. The molecule has 0 aromatic heterocycles. The highest BCUT2D eigenvalue weighted by Crippen LogP contribution is 2.47. The van der Waals surface area contributed by atoms with Crippen LogP contribution in [0, 0.1) is 0 Å². The average molecular weight is 539 g/mol. The summed E-state index contributed by atoms with van der Waals surface area (Å²) in [5.41, 5.74) is 3.02. The second kappa shape index (κ2) is 9.78. The number of ketones is 1. The molecule has 0 bridgehead atoms. The number of carbonyl (C=O) groups excluding carboxylic acids is 3. The summed E-state index contributed by atoms with van der Waals surface area (Å²) < 4.78 is 5.23. The van der Waals surface area contributed by atoms with E-state index < -0.39 is 11.7 Å². The van der Waals surface area contributed by atoms with Crippen molar-refractivity contribution in [3.8, 4) is 5.75 Å². The third kappa shape index (κ3) is 4.14. The molecule has 2 heterocycles. The third-order valence-electron chi connectivity index (χ3n) is 9.05. The number of ether oxygens (including phenoxy) is 1. The third-order valence-corrected chi connectivity index (χ3v) is 9.05. The Labute approximate surface area is 234 Å². The fourth-order valence-electron chi connectivity index (χ4n) is 6.69. The van der Waals surface area contributed by atoms with Crippen LogP contribution in [0.4, 0.5) is 16.2 Å². The van der Waals surface area contributed by atoms with E-state index in [4.69, 9.17) is 4.74 Å². The number of hydrogen-bond donors (Lipinski definition) is 1. The van der Waals surface area contributed by atoms with Gasteiger partial charge in [0, 0.05) is 5.54 Å². The number of nitrogens with one attached hydrogen (secondary N) is 1. The number of hydrogen-bond acceptors (Lipinski definition) is 5. The van der Waals surface area contributed by atoms with E-state index >= 15 is 0 Å². The van der Waals surface area contributed by atoms with Gasteiger partial charge in [0.1, 0.15) is 5.75 Å². The highest BCUT2D eigenvalue weighted by molar-refractivity contribution is 6.53. The second-order valence-electron chi connectivity index (χ2n) is 11.3. The number of methoxy groups -OCH3 is 1. The number of benzene rings is 3. The minimum absolute atomic E-state index is 0.0943. The maximum atomic E-state index is 13.4. The molecule has 0 radical (unpaired) electrons. The van der Waals surface area contributed by atoms with Gasteiger partial charge < -0.3 is 15.0 Å². The molecule has 1 spiro atoms. The van der Waals surface area contributed by atoms with Crippen LogP contribution in [0.25, 0.3) is 0 Å². The molecule has 2 fully saturated rings. The molecular formula is C32H34N4O4. The standard InChI is InChI=1S/C32H34N4O4/c1-34(2)32(23-8-5-4-6-9-23)18-16-31(17-19-32)21-36(30(39)33-31)26-11-7-10-25-27(26)28(37)29(38)35(25)20-22-12-14-24(40-3)15-13-22/h4-15H,16-21H2,1-3H3,(H,33,39)/t31-,32+. The van der Waals surface area contributed by atoms with E-state index in [0.29, 0.717) is 23.5 Å². The second-order valence-corrected chi connectivity index (χ2v) is 11.3. The fourth-order valence-corrected chi connectivity index (χ4v) is 6.69.